The lowest BCUT2D eigenvalue weighted by Crippen LogP contribution is -2.10. The van der Waals surface area contributed by atoms with Crippen LogP contribution in [0.1, 0.15) is 17.2 Å². The lowest BCUT2D eigenvalue weighted by atomic mass is 10.1. The van der Waals surface area contributed by atoms with Gasteiger partial charge in [-0.25, -0.2) is 0 Å². The molecule has 0 amide bonds. The maximum Gasteiger partial charge on any atom is 0.128 e. The Labute approximate surface area is 70.8 Å². The molecule has 2 rings (SSSR count). The van der Waals surface area contributed by atoms with Crippen LogP contribution < -0.4 is 10.5 Å². The highest BCUT2D eigenvalue weighted by atomic mass is 16.5. The minimum atomic E-state index is -0.0423. The summed E-state index contributed by atoms with van der Waals surface area (Å²) in [5.41, 5.74) is 7.59. The van der Waals surface area contributed by atoms with Crippen LogP contribution in [0.15, 0.2) is 12.1 Å². The van der Waals surface area contributed by atoms with Crippen LogP contribution in [0.3, 0.4) is 0 Å². The summed E-state index contributed by atoms with van der Waals surface area (Å²) in [6.07, 6.45) is 0. The summed E-state index contributed by atoms with van der Waals surface area (Å²) in [4.78, 5) is 0. The number of aromatic hydroxyl groups is 1. The first-order chi connectivity index (χ1) is 5.68. The van der Waals surface area contributed by atoms with Crippen LogP contribution in [0.5, 0.6) is 11.5 Å². The summed E-state index contributed by atoms with van der Waals surface area (Å²) in [5, 5.41) is 9.35. The number of phenols is 1. The zero-order chi connectivity index (χ0) is 8.72. The standard InChI is InChI=1S/C9H11NO2/c1-5-2-6-7(10)4-12-9(6)3-8(5)11/h2-3,7,11H,4,10H2,1H3/t7-/m1/s1. The first-order valence-electron chi connectivity index (χ1n) is 3.90. The average Bonchev–Trinajstić information content (AvgIpc) is 2.35. The van der Waals surface area contributed by atoms with Crippen LogP contribution >= 0.6 is 0 Å². The summed E-state index contributed by atoms with van der Waals surface area (Å²) in [7, 11) is 0. The molecular weight excluding hydrogens is 154 g/mol. The summed E-state index contributed by atoms with van der Waals surface area (Å²) >= 11 is 0. The SMILES string of the molecule is Cc1cc2c(cc1O)OC[C@H]2N. The Hall–Kier alpha value is -1.22. The first kappa shape index (κ1) is 7.43. The van der Waals surface area contributed by atoms with E-state index in [1.165, 1.54) is 0 Å². The Bertz CT molecular complexity index is 323. The minimum absolute atomic E-state index is 0.0423. The lowest BCUT2D eigenvalue weighted by molar-refractivity contribution is 0.332. The van der Waals surface area contributed by atoms with E-state index in [4.69, 9.17) is 10.5 Å². The van der Waals surface area contributed by atoms with Crippen molar-refractivity contribution in [3.05, 3.63) is 23.3 Å². The molecule has 3 nitrogen and oxygen atoms in total. The van der Waals surface area contributed by atoms with Gasteiger partial charge in [0.1, 0.15) is 18.1 Å². The second kappa shape index (κ2) is 2.38. The fraction of sp³-hybridized carbons (Fsp3) is 0.333. The smallest absolute Gasteiger partial charge is 0.128 e. The van der Waals surface area contributed by atoms with Crippen LogP contribution in [-0.2, 0) is 0 Å². The molecule has 1 heterocycles. The van der Waals surface area contributed by atoms with Crippen LogP contribution in [-0.4, -0.2) is 11.7 Å². The molecule has 64 valence electrons. The molecule has 0 bridgehead atoms. The molecule has 0 unspecified atom stereocenters. The molecule has 1 aromatic carbocycles. The molecule has 1 aliphatic rings. The van der Waals surface area contributed by atoms with Gasteiger partial charge in [-0.3, -0.25) is 0 Å². The molecule has 0 saturated heterocycles. The van der Waals surface area contributed by atoms with Crippen molar-refractivity contribution >= 4 is 0 Å². The van der Waals surface area contributed by atoms with Crippen LogP contribution in [0.2, 0.25) is 0 Å². The highest BCUT2D eigenvalue weighted by Crippen LogP contribution is 2.35. The Kier molecular flexibility index (Phi) is 1.48. The van der Waals surface area contributed by atoms with Crippen molar-refractivity contribution in [2.45, 2.75) is 13.0 Å². The van der Waals surface area contributed by atoms with Crippen molar-refractivity contribution in [1.29, 1.82) is 0 Å². The fourth-order valence-corrected chi connectivity index (χ4v) is 1.38. The van der Waals surface area contributed by atoms with E-state index in [1.54, 1.807) is 6.07 Å². The highest BCUT2D eigenvalue weighted by Gasteiger charge is 2.21. The van der Waals surface area contributed by atoms with E-state index in [0.717, 1.165) is 11.1 Å². The second-order valence-electron chi connectivity index (χ2n) is 3.09. The topological polar surface area (TPSA) is 55.5 Å². The van der Waals surface area contributed by atoms with Gasteiger partial charge in [0.2, 0.25) is 0 Å². The predicted molar refractivity (Wildman–Crippen MR) is 45.3 cm³/mol. The first-order valence-corrected chi connectivity index (χ1v) is 3.90. The van der Waals surface area contributed by atoms with Crippen LogP contribution in [0.4, 0.5) is 0 Å². The Morgan fingerprint density at radius 3 is 3.08 bits per heavy atom. The van der Waals surface area contributed by atoms with Crippen molar-refractivity contribution in [1.82, 2.24) is 0 Å². The van der Waals surface area contributed by atoms with Gasteiger partial charge in [0, 0.05) is 11.6 Å². The Morgan fingerprint density at radius 1 is 1.58 bits per heavy atom. The lowest BCUT2D eigenvalue weighted by Gasteiger charge is -2.03. The third kappa shape index (κ3) is 0.940. The zero-order valence-corrected chi connectivity index (χ0v) is 6.87. The van der Waals surface area contributed by atoms with E-state index in [2.05, 4.69) is 0 Å². The second-order valence-corrected chi connectivity index (χ2v) is 3.09. The zero-order valence-electron chi connectivity index (χ0n) is 6.87. The predicted octanol–water partition coefficient (Wildman–Crippen LogP) is 1.09. The van der Waals surface area contributed by atoms with Crippen molar-refractivity contribution in [2.24, 2.45) is 5.73 Å². The van der Waals surface area contributed by atoms with Crippen LogP contribution in [0, 0.1) is 6.92 Å². The molecule has 12 heavy (non-hydrogen) atoms. The van der Waals surface area contributed by atoms with Crippen molar-refractivity contribution in [3.63, 3.8) is 0 Å². The Balaban J connectivity index is 2.56. The molecule has 3 heteroatoms. The van der Waals surface area contributed by atoms with Crippen molar-refractivity contribution in [3.8, 4) is 11.5 Å². The summed E-state index contributed by atoms with van der Waals surface area (Å²) in [5.74, 6) is 0.980. The number of hydrogen-bond acceptors (Lipinski definition) is 3. The van der Waals surface area contributed by atoms with Gasteiger partial charge >= 0.3 is 0 Å². The summed E-state index contributed by atoms with van der Waals surface area (Å²) in [6.45, 7) is 2.36. The summed E-state index contributed by atoms with van der Waals surface area (Å²) < 4.78 is 5.26. The number of phenolic OH excluding ortho intramolecular Hbond substituents is 1. The molecule has 1 aromatic rings. The number of benzene rings is 1. The van der Waals surface area contributed by atoms with E-state index in [-0.39, 0.29) is 11.8 Å². The molecular formula is C9H11NO2. The molecule has 3 N–H and O–H groups in total. The van der Waals surface area contributed by atoms with Gasteiger partial charge in [-0.05, 0) is 18.6 Å². The number of hydrogen-bond donors (Lipinski definition) is 2. The molecule has 1 atom stereocenters. The van der Waals surface area contributed by atoms with Gasteiger partial charge in [0.15, 0.2) is 0 Å². The van der Waals surface area contributed by atoms with Gasteiger partial charge in [-0.1, -0.05) is 0 Å². The number of nitrogens with two attached hydrogens (primary N) is 1. The van der Waals surface area contributed by atoms with Gasteiger partial charge in [0.05, 0.1) is 6.04 Å². The largest absolute Gasteiger partial charge is 0.508 e. The number of ether oxygens (including phenoxy) is 1. The normalized spacial score (nSPS) is 20.3. The van der Waals surface area contributed by atoms with E-state index in [0.29, 0.717) is 12.4 Å². The highest BCUT2D eigenvalue weighted by molar-refractivity contribution is 5.48. The molecule has 0 fully saturated rings. The van der Waals surface area contributed by atoms with E-state index < -0.39 is 0 Å². The van der Waals surface area contributed by atoms with Crippen molar-refractivity contribution in [2.75, 3.05) is 6.61 Å². The number of aryl methyl sites for hydroxylation is 1. The van der Waals surface area contributed by atoms with Gasteiger partial charge in [-0.15, -0.1) is 0 Å². The Morgan fingerprint density at radius 2 is 2.33 bits per heavy atom. The molecule has 0 radical (unpaired) electrons. The minimum Gasteiger partial charge on any atom is -0.508 e. The number of rotatable bonds is 0. The fourth-order valence-electron chi connectivity index (χ4n) is 1.38. The maximum atomic E-state index is 9.35. The third-order valence-electron chi connectivity index (χ3n) is 2.15. The van der Waals surface area contributed by atoms with Gasteiger partial charge < -0.3 is 15.6 Å². The van der Waals surface area contributed by atoms with Gasteiger partial charge in [-0.2, -0.15) is 0 Å². The maximum absolute atomic E-state index is 9.35. The quantitative estimate of drug-likeness (QED) is 0.605. The van der Waals surface area contributed by atoms with E-state index >= 15 is 0 Å². The van der Waals surface area contributed by atoms with E-state index in [1.807, 2.05) is 13.0 Å². The number of fused-ring (bicyclic) bond motifs is 1. The molecule has 1 aliphatic heterocycles. The molecule has 0 aromatic heterocycles. The molecule has 0 aliphatic carbocycles. The monoisotopic (exact) mass is 165 g/mol. The molecule has 0 saturated carbocycles. The van der Waals surface area contributed by atoms with Crippen LogP contribution in [0.25, 0.3) is 0 Å². The van der Waals surface area contributed by atoms with E-state index in [9.17, 15) is 5.11 Å². The van der Waals surface area contributed by atoms with Crippen molar-refractivity contribution < 1.29 is 9.84 Å². The average molecular weight is 165 g/mol. The molecule has 0 spiro atoms. The third-order valence-corrected chi connectivity index (χ3v) is 2.15. The summed E-state index contributed by atoms with van der Waals surface area (Å²) in [6, 6.07) is 3.46. The van der Waals surface area contributed by atoms with Gasteiger partial charge in [0.25, 0.3) is 0 Å².